The van der Waals surface area contributed by atoms with E-state index in [1.807, 2.05) is 18.2 Å². The summed E-state index contributed by atoms with van der Waals surface area (Å²) >= 11 is 0. The van der Waals surface area contributed by atoms with Crippen LogP contribution in [0, 0.1) is 5.82 Å². The van der Waals surface area contributed by atoms with Crippen LogP contribution in [0.15, 0.2) is 84.2 Å². The summed E-state index contributed by atoms with van der Waals surface area (Å²) in [6.07, 6.45) is 3.39. The van der Waals surface area contributed by atoms with Gasteiger partial charge in [-0.05, 0) is 33.9 Å². The minimum Gasteiger partial charge on any atom is -0.854 e. The van der Waals surface area contributed by atoms with E-state index in [2.05, 4.69) is 5.10 Å². The largest absolute Gasteiger partial charge is 0.854 e. The van der Waals surface area contributed by atoms with Crippen LogP contribution in [0.4, 0.5) is 4.39 Å². The summed E-state index contributed by atoms with van der Waals surface area (Å²) in [5.74, 6) is -0.571. The zero-order valence-electron chi connectivity index (χ0n) is 11.7. The van der Waals surface area contributed by atoms with Crippen molar-refractivity contribution in [1.29, 1.82) is 0 Å². The molecule has 3 rings (SSSR count). The van der Waals surface area contributed by atoms with Gasteiger partial charge in [0.2, 0.25) is 12.4 Å². The monoisotopic (exact) mass is 292 g/mol. The highest BCUT2D eigenvalue weighted by atomic mass is 19.1. The molecule has 0 fully saturated rings. The van der Waals surface area contributed by atoms with Gasteiger partial charge in [-0.15, -0.1) is 0 Å². The fourth-order valence-corrected chi connectivity index (χ4v) is 2.06. The van der Waals surface area contributed by atoms with E-state index in [0.29, 0.717) is 5.56 Å². The normalized spacial score (nSPS) is 11.4. The molecule has 0 amide bonds. The Morgan fingerprint density at radius 3 is 2.05 bits per heavy atom. The van der Waals surface area contributed by atoms with Crippen molar-refractivity contribution in [2.75, 3.05) is 0 Å². The van der Waals surface area contributed by atoms with Gasteiger partial charge in [0.25, 0.3) is 0 Å². The van der Waals surface area contributed by atoms with E-state index < -0.39 is 0 Å². The second-order valence-corrected chi connectivity index (χ2v) is 4.74. The highest BCUT2D eigenvalue weighted by molar-refractivity contribution is 5.89. The minimum absolute atomic E-state index is 0.266. The molecule has 3 aromatic rings. The maximum absolute atomic E-state index is 12.9. The molecule has 4 heteroatoms. The lowest BCUT2D eigenvalue weighted by Gasteiger charge is -2.06. The highest BCUT2D eigenvalue weighted by Crippen LogP contribution is 2.17. The van der Waals surface area contributed by atoms with Crippen LogP contribution in [0.2, 0.25) is 0 Å². The summed E-state index contributed by atoms with van der Waals surface area (Å²) in [5, 5.41) is 16.0. The van der Waals surface area contributed by atoms with E-state index in [0.717, 1.165) is 11.1 Å². The van der Waals surface area contributed by atoms with Gasteiger partial charge in [-0.1, -0.05) is 47.1 Å². The predicted octanol–water partition coefficient (Wildman–Crippen LogP) is 2.35. The topological polar surface area (TPSA) is 39.3 Å². The first-order valence-electron chi connectivity index (χ1n) is 6.81. The lowest BCUT2D eigenvalue weighted by Crippen LogP contribution is -2.33. The first kappa shape index (κ1) is 13.9. The smallest absolute Gasteiger partial charge is 0.202 e. The Kier molecular flexibility index (Phi) is 3.92. The summed E-state index contributed by atoms with van der Waals surface area (Å²) in [6.45, 7) is 0. The molecule has 1 aromatic heterocycles. The minimum atomic E-state index is -0.305. The molecule has 0 saturated carbocycles. The molecule has 0 atom stereocenters. The molecule has 22 heavy (non-hydrogen) atoms. The van der Waals surface area contributed by atoms with Crippen molar-refractivity contribution < 1.29 is 14.2 Å². The fraction of sp³-hybridized carbons (Fsp3) is 0. The molecule has 3 nitrogen and oxygen atoms in total. The average molecular weight is 292 g/mol. The van der Waals surface area contributed by atoms with Gasteiger partial charge >= 0.3 is 0 Å². The number of hydrogen-bond donors (Lipinski definition) is 0. The maximum Gasteiger partial charge on any atom is 0.202 e. The number of hydrogen-bond acceptors (Lipinski definition) is 2. The van der Waals surface area contributed by atoms with E-state index >= 15 is 0 Å². The Bertz CT molecular complexity index is 782. The van der Waals surface area contributed by atoms with Gasteiger partial charge in [0, 0.05) is 12.1 Å². The Hall–Kier alpha value is -3.01. The number of rotatable bonds is 3. The van der Waals surface area contributed by atoms with E-state index in [1.165, 1.54) is 16.8 Å². The summed E-state index contributed by atoms with van der Waals surface area (Å²) in [6, 6.07) is 18.8. The lowest BCUT2D eigenvalue weighted by atomic mass is 10.1. The van der Waals surface area contributed by atoms with Crippen LogP contribution in [-0.2, 0) is 0 Å². The molecule has 0 aliphatic rings. The van der Waals surface area contributed by atoms with Crippen LogP contribution >= 0.6 is 0 Å². The molecule has 0 aliphatic carbocycles. The number of aromatic nitrogens is 1. The van der Waals surface area contributed by atoms with Gasteiger partial charge in [-0.3, -0.25) is 0 Å². The molecule has 0 bridgehead atoms. The number of nitrogens with zero attached hydrogens (tertiary/aromatic N) is 2. The van der Waals surface area contributed by atoms with Crippen molar-refractivity contribution in [3.05, 3.63) is 90.5 Å². The predicted molar refractivity (Wildman–Crippen MR) is 80.4 cm³/mol. The summed E-state index contributed by atoms with van der Waals surface area (Å²) in [4.78, 5) is 0. The third kappa shape index (κ3) is 3.17. The summed E-state index contributed by atoms with van der Waals surface area (Å²) in [7, 11) is 0. The first-order chi connectivity index (χ1) is 10.7. The Morgan fingerprint density at radius 2 is 1.41 bits per heavy atom. The lowest BCUT2D eigenvalue weighted by molar-refractivity contribution is -0.681. The van der Waals surface area contributed by atoms with Gasteiger partial charge in [-0.2, -0.15) is 0 Å². The van der Waals surface area contributed by atoms with Crippen molar-refractivity contribution in [1.82, 2.24) is 0 Å². The Morgan fingerprint density at radius 1 is 0.818 bits per heavy atom. The first-order valence-corrected chi connectivity index (χ1v) is 6.81. The summed E-state index contributed by atoms with van der Waals surface area (Å²) < 4.78 is 14.4. The third-order valence-corrected chi connectivity index (χ3v) is 3.22. The van der Waals surface area contributed by atoms with E-state index in [-0.39, 0.29) is 11.7 Å². The maximum atomic E-state index is 12.9. The molecular weight excluding hydrogens is 279 g/mol. The quantitative estimate of drug-likeness (QED) is 0.415. The third-order valence-electron chi connectivity index (χ3n) is 3.22. The molecular formula is C18H13FN2O. The molecule has 0 saturated heterocycles. The van der Waals surface area contributed by atoms with Crippen LogP contribution in [0.5, 0.6) is 0 Å². The highest BCUT2D eigenvalue weighted by Gasteiger charge is 2.03. The van der Waals surface area contributed by atoms with E-state index in [1.54, 1.807) is 48.8 Å². The average Bonchev–Trinajstić information content (AvgIpc) is 2.57. The zero-order chi connectivity index (χ0) is 15.4. The number of halogens is 1. The molecule has 1 heterocycles. The molecule has 0 spiro atoms. The number of benzene rings is 2. The van der Waals surface area contributed by atoms with Crippen LogP contribution in [0.25, 0.3) is 11.1 Å². The second-order valence-electron chi connectivity index (χ2n) is 4.74. The van der Waals surface area contributed by atoms with Gasteiger partial charge in [0.15, 0.2) is 0 Å². The van der Waals surface area contributed by atoms with Crippen LogP contribution < -0.4 is 9.78 Å². The Labute approximate surface area is 127 Å². The van der Waals surface area contributed by atoms with Crippen molar-refractivity contribution in [3.8, 4) is 11.1 Å². The SMILES string of the molecule is [O-]/C(=N/[n+]1ccc(-c2ccc(F)cc2)cc1)c1ccccc1. The summed E-state index contributed by atoms with van der Waals surface area (Å²) in [5.41, 5.74) is 2.37. The molecule has 108 valence electrons. The molecule has 0 aliphatic heterocycles. The second kappa shape index (κ2) is 6.18. The molecule has 0 radical (unpaired) electrons. The molecule has 0 N–H and O–H groups in total. The molecule has 2 aromatic carbocycles. The van der Waals surface area contributed by atoms with Gasteiger partial charge < -0.3 is 5.11 Å². The Balaban J connectivity index is 1.84. The van der Waals surface area contributed by atoms with E-state index in [4.69, 9.17) is 0 Å². The van der Waals surface area contributed by atoms with Crippen molar-refractivity contribution in [3.63, 3.8) is 0 Å². The molecule has 0 unspecified atom stereocenters. The van der Waals surface area contributed by atoms with Gasteiger partial charge in [0.05, 0.1) is 5.90 Å². The zero-order valence-corrected chi connectivity index (χ0v) is 11.7. The fourth-order valence-electron chi connectivity index (χ4n) is 2.06. The standard InChI is InChI=1S/C18H13FN2O/c19-17-8-6-14(7-9-17)15-10-12-21(13-11-15)20-18(22)16-4-2-1-3-5-16/h1-13H. The van der Waals surface area contributed by atoms with Gasteiger partial charge in [0.1, 0.15) is 5.82 Å². The van der Waals surface area contributed by atoms with E-state index in [9.17, 15) is 9.50 Å². The van der Waals surface area contributed by atoms with Crippen molar-refractivity contribution in [2.24, 2.45) is 5.10 Å². The van der Waals surface area contributed by atoms with Crippen LogP contribution in [-0.4, -0.2) is 5.90 Å². The van der Waals surface area contributed by atoms with Gasteiger partial charge in [-0.25, -0.2) is 4.39 Å². The van der Waals surface area contributed by atoms with Crippen molar-refractivity contribution >= 4 is 5.90 Å². The number of pyridine rings is 1. The van der Waals surface area contributed by atoms with Crippen LogP contribution in [0.3, 0.4) is 0 Å². The van der Waals surface area contributed by atoms with Crippen molar-refractivity contribution in [2.45, 2.75) is 0 Å². The van der Waals surface area contributed by atoms with Crippen LogP contribution in [0.1, 0.15) is 5.56 Å².